The third-order valence-corrected chi connectivity index (χ3v) is 5.82. The minimum absolute atomic E-state index is 0.0986. The highest BCUT2D eigenvalue weighted by Gasteiger charge is 2.18. The van der Waals surface area contributed by atoms with Crippen molar-refractivity contribution in [3.05, 3.63) is 82.4 Å². The number of hydrogen-bond donors (Lipinski definition) is 3. The summed E-state index contributed by atoms with van der Waals surface area (Å²) in [6.07, 6.45) is 0. The van der Waals surface area contributed by atoms with Gasteiger partial charge in [0.1, 0.15) is 17.0 Å². The lowest BCUT2D eigenvalue weighted by Gasteiger charge is -2.07. The molecule has 0 spiro atoms. The zero-order valence-corrected chi connectivity index (χ0v) is 16.6. The summed E-state index contributed by atoms with van der Waals surface area (Å²) in [7, 11) is 0. The number of aryl methyl sites for hydroxylation is 2. The van der Waals surface area contributed by atoms with Crippen molar-refractivity contribution < 1.29 is 4.42 Å². The Morgan fingerprint density at radius 3 is 2.00 bits per heavy atom. The van der Waals surface area contributed by atoms with E-state index in [4.69, 9.17) is 15.6 Å². The number of amidine groups is 1. The predicted molar refractivity (Wildman–Crippen MR) is 120 cm³/mol. The van der Waals surface area contributed by atoms with Crippen LogP contribution in [0.3, 0.4) is 0 Å². The molecule has 0 aliphatic heterocycles. The maximum Gasteiger partial charge on any atom is 0.143 e. The maximum atomic E-state index is 7.47. The van der Waals surface area contributed by atoms with Crippen LogP contribution in [0.25, 0.3) is 32.7 Å². The van der Waals surface area contributed by atoms with Crippen LogP contribution in [0, 0.1) is 19.3 Å². The Balaban J connectivity index is 1.39. The molecule has 4 N–H and O–H groups in total. The lowest BCUT2D eigenvalue weighted by molar-refractivity contribution is 0.682. The second-order valence-electron chi connectivity index (χ2n) is 7.84. The van der Waals surface area contributed by atoms with Gasteiger partial charge in [-0.05, 0) is 54.3 Å². The van der Waals surface area contributed by atoms with Crippen molar-refractivity contribution in [2.24, 2.45) is 5.73 Å². The fourth-order valence-corrected chi connectivity index (χ4v) is 4.04. The molecule has 0 amide bonds. The van der Waals surface area contributed by atoms with E-state index < -0.39 is 0 Å². The first-order chi connectivity index (χ1) is 14.0. The molecule has 2 heterocycles. The molecule has 5 rings (SSSR count). The molecule has 0 aliphatic carbocycles. The Bertz CT molecular complexity index is 1360. The van der Waals surface area contributed by atoms with E-state index in [1.165, 1.54) is 43.8 Å². The summed E-state index contributed by atoms with van der Waals surface area (Å²) in [5.74, 6) is 0.0986. The SMILES string of the molecule is Cc1cc2c(cc1C)c1oc2c2ccc(CNCc3ccc(C(=N)N)cc3)cc21. The van der Waals surface area contributed by atoms with Gasteiger partial charge in [0.25, 0.3) is 0 Å². The molecule has 144 valence electrons. The molecule has 29 heavy (non-hydrogen) atoms. The highest BCUT2D eigenvalue weighted by Crippen LogP contribution is 2.41. The molecule has 5 aromatic rings. The molecule has 4 heteroatoms. The van der Waals surface area contributed by atoms with Gasteiger partial charge in [-0.1, -0.05) is 36.4 Å². The lowest BCUT2D eigenvalue weighted by Crippen LogP contribution is -2.14. The number of nitrogens with one attached hydrogen (secondary N) is 2. The summed E-state index contributed by atoms with van der Waals surface area (Å²) in [6.45, 7) is 5.85. The van der Waals surface area contributed by atoms with Gasteiger partial charge in [-0.25, -0.2) is 0 Å². The van der Waals surface area contributed by atoms with Crippen molar-refractivity contribution in [3.63, 3.8) is 0 Å². The summed E-state index contributed by atoms with van der Waals surface area (Å²) in [4.78, 5) is 0. The highest BCUT2D eigenvalue weighted by molar-refractivity contribution is 6.25. The molecule has 2 bridgehead atoms. The minimum Gasteiger partial charge on any atom is -0.455 e. The van der Waals surface area contributed by atoms with E-state index in [0.717, 1.165) is 29.8 Å². The number of furan rings is 2. The van der Waals surface area contributed by atoms with Crippen molar-refractivity contribution in [1.29, 1.82) is 5.41 Å². The molecule has 3 aromatic carbocycles. The van der Waals surface area contributed by atoms with Crippen molar-refractivity contribution in [1.82, 2.24) is 5.32 Å². The highest BCUT2D eigenvalue weighted by atomic mass is 16.3. The van der Waals surface area contributed by atoms with Crippen molar-refractivity contribution in [3.8, 4) is 0 Å². The van der Waals surface area contributed by atoms with Crippen molar-refractivity contribution in [2.45, 2.75) is 26.9 Å². The molecule has 0 saturated heterocycles. The number of hydrogen-bond acceptors (Lipinski definition) is 3. The van der Waals surface area contributed by atoms with E-state index in [2.05, 4.69) is 49.5 Å². The quantitative estimate of drug-likeness (QED) is 0.218. The molecule has 2 aromatic heterocycles. The van der Waals surface area contributed by atoms with Gasteiger partial charge < -0.3 is 15.5 Å². The second-order valence-corrected chi connectivity index (χ2v) is 7.84. The third kappa shape index (κ3) is 2.93. The molecule has 0 saturated carbocycles. The Morgan fingerprint density at radius 2 is 1.34 bits per heavy atom. The summed E-state index contributed by atoms with van der Waals surface area (Å²) >= 11 is 0. The van der Waals surface area contributed by atoms with Crippen LogP contribution in [0.1, 0.15) is 27.8 Å². The van der Waals surface area contributed by atoms with Crippen molar-refractivity contribution in [2.75, 3.05) is 0 Å². The summed E-state index contributed by atoms with van der Waals surface area (Å²) in [6, 6.07) is 18.9. The number of nitrogens with two attached hydrogens (primary N) is 1. The van der Waals surface area contributed by atoms with Crippen LogP contribution in [-0.2, 0) is 13.1 Å². The van der Waals surface area contributed by atoms with E-state index in [-0.39, 0.29) is 5.84 Å². The Kier molecular flexibility index (Phi) is 4.03. The zero-order chi connectivity index (χ0) is 20.1. The summed E-state index contributed by atoms with van der Waals surface area (Å²) < 4.78 is 6.17. The predicted octanol–water partition coefficient (Wildman–Crippen LogP) is 5.37. The van der Waals surface area contributed by atoms with Crippen LogP contribution in [0.5, 0.6) is 0 Å². The summed E-state index contributed by atoms with van der Waals surface area (Å²) in [5, 5.41) is 15.8. The number of nitrogen functional groups attached to an aromatic ring is 1. The molecular weight excluding hydrogens is 358 g/mol. The van der Waals surface area contributed by atoms with E-state index in [9.17, 15) is 0 Å². The first-order valence-corrected chi connectivity index (χ1v) is 9.83. The maximum absolute atomic E-state index is 7.47. The molecular formula is C25H23N3O. The Morgan fingerprint density at radius 1 is 0.793 bits per heavy atom. The molecule has 0 aliphatic rings. The van der Waals surface area contributed by atoms with Gasteiger partial charge in [-0.2, -0.15) is 0 Å². The topological polar surface area (TPSA) is 75.0 Å². The number of rotatable bonds is 5. The van der Waals surface area contributed by atoms with Gasteiger partial charge in [0.2, 0.25) is 0 Å². The molecule has 0 atom stereocenters. The molecule has 0 fully saturated rings. The van der Waals surface area contributed by atoms with Crippen molar-refractivity contribution >= 4 is 38.5 Å². The fraction of sp³-hybridized carbons (Fsp3) is 0.160. The van der Waals surface area contributed by atoms with Crippen LogP contribution < -0.4 is 11.1 Å². The zero-order valence-electron chi connectivity index (χ0n) is 16.6. The number of fused-ring (bicyclic) bond motifs is 8. The fourth-order valence-electron chi connectivity index (χ4n) is 4.04. The van der Waals surface area contributed by atoms with Gasteiger partial charge in [0.05, 0.1) is 0 Å². The second kappa shape index (κ2) is 6.61. The van der Waals surface area contributed by atoms with Gasteiger partial charge >= 0.3 is 0 Å². The van der Waals surface area contributed by atoms with Crippen LogP contribution in [-0.4, -0.2) is 5.84 Å². The smallest absolute Gasteiger partial charge is 0.143 e. The van der Waals surface area contributed by atoms with E-state index >= 15 is 0 Å². The van der Waals surface area contributed by atoms with Gasteiger partial charge in [0.15, 0.2) is 0 Å². The van der Waals surface area contributed by atoms with E-state index in [0.29, 0.717) is 0 Å². The normalized spacial score (nSPS) is 11.8. The van der Waals surface area contributed by atoms with Gasteiger partial charge in [-0.3, -0.25) is 5.41 Å². The van der Waals surface area contributed by atoms with E-state index in [1.54, 1.807) is 0 Å². The minimum atomic E-state index is 0.0986. The van der Waals surface area contributed by atoms with Crippen LogP contribution in [0.15, 0.2) is 59.0 Å². The van der Waals surface area contributed by atoms with E-state index in [1.807, 2.05) is 24.3 Å². The first kappa shape index (κ1) is 17.7. The average Bonchev–Trinajstić information content (AvgIpc) is 3.25. The Labute approximate surface area is 169 Å². The van der Waals surface area contributed by atoms with Crippen LogP contribution in [0.4, 0.5) is 0 Å². The molecule has 4 nitrogen and oxygen atoms in total. The summed E-state index contributed by atoms with van der Waals surface area (Å²) in [5.41, 5.74) is 13.3. The van der Waals surface area contributed by atoms with Gasteiger partial charge in [0, 0.05) is 40.2 Å². The molecule has 0 unspecified atom stereocenters. The first-order valence-electron chi connectivity index (χ1n) is 9.83. The number of benzene rings is 4. The lowest BCUT2D eigenvalue weighted by atomic mass is 9.98. The average molecular weight is 381 g/mol. The standard InChI is InChI=1S/C25H23N3O/c1-14-9-20-21(10-15(14)2)24-22-11-17(5-8-19(22)23(20)29-24)13-28-12-16-3-6-18(7-4-16)25(26)27/h3-11,28H,12-13H2,1-2H3,(H3,26,27). The van der Waals surface area contributed by atoms with Gasteiger partial charge in [-0.15, -0.1) is 0 Å². The largest absolute Gasteiger partial charge is 0.455 e. The molecule has 0 radical (unpaired) electrons. The Hall–Kier alpha value is -3.37. The monoisotopic (exact) mass is 381 g/mol. The van der Waals surface area contributed by atoms with Crippen LogP contribution in [0.2, 0.25) is 0 Å². The van der Waals surface area contributed by atoms with Crippen LogP contribution >= 0.6 is 0 Å². The third-order valence-electron chi connectivity index (χ3n) is 5.82.